The van der Waals surface area contributed by atoms with Gasteiger partial charge in [-0.05, 0) is 47.5 Å². The molecule has 8 heteroatoms. The maximum absolute atomic E-state index is 13.4. The maximum Gasteiger partial charge on any atom is 0.270 e. The van der Waals surface area contributed by atoms with Gasteiger partial charge in [-0.3, -0.25) is 9.59 Å². The summed E-state index contributed by atoms with van der Waals surface area (Å²) >= 11 is 2.90. The molecular weight excluding hydrogens is 396 g/mol. The van der Waals surface area contributed by atoms with Crippen molar-refractivity contribution >= 4 is 33.4 Å². The SMILES string of the molecule is Cc1ccc(C(=O)N2CC[C@H](C(=O)Nc3cc(F)c(F)c(Br)c3)C2)[nH]1. The Labute approximate surface area is 151 Å². The summed E-state index contributed by atoms with van der Waals surface area (Å²) in [5, 5.41) is 2.57. The number of aromatic nitrogens is 1. The molecule has 0 unspecified atom stereocenters. The van der Waals surface area contributed by atoms with Crippen LogP contribution in [-0.4, -0.2) is 34.8 Å². The molecule has 1 aromatic heterocycles. The number of hydrogen-bond donors (Lipinski definition) is 2. The van der Waals surface area contributed by atoms with Crippen LogP contribution in [0.1, 0.15) is 22.6 Å². The molecule has 1 aromatic carbocycles. The van der Waals surface area contributed by atoms with Crippen LogP contribution >= 0.6 is 15.9 Å². The van der Waals surface area contributed by atoms with Gasteiger partial charge in [0, 0.05) is 30.5 Å². The lowest BCUT2D eigenvalue weighted by Gasteiger charge is -2.16. The van der Waals surface area contributed by atoms with E-state index < -0.39 is 17.6 Å². The first-order valence-electron chi connectivity index (χ1n) is 7.75. The quantitative estimate of drug-likeness (QED) is 0.759. The molecule has 5 nitrogen and oxygen atoms in total. The number of aromatic amines is 1. The minimum atomic E-state index is -1.05. The second-order valence-corrected chi connectivity index (χ2v) is 6.89. The van der Waals surface area contributed by atoms with Gasteiger partial charge >= 0.3 is 0 Å². The number of nitrogens with one attached hydrogen (secondary N) is 2. The van der Waals surface area contributed by atoms with Gasteiger partial charge in [0.15, 0.2) is 11.6 Å². The van der Waals surface area contributed by atoms with Gasteiger partial charge in [-0.1, -0.05) is 0 Å². The lowest BCUT2D eigenvalue weighted by Crippen LogP contribution is -2.31. The number of anilines is 1. The average molecular weight is 412 g/mol. The van der Waals surface area contributed by atoms with E-state index in [2.05, 4.69) is 26.2 Å². The minimum Gasteiger partial charge on any atom is -0.355 e. The molecule has 1 atom stereocenters. The molecule has 1 aliphatic rings. The van der Waals surface area contributed by atoms with Crippen LogP contribution in [-0.2, 0) is 4.79 Å². The first kappa shape index (κ1) is 17.6. The summed E-state index contributed by atoms with van der Waals surface area (Å²) in [6.07, 6.45) is 0.516. The summed E-state index contributed by atoms with van der Waals surface area (Å²) in [4.78, 5) is 29.3. The number of nitrogens with zero attached hydrogens (tertiary/aromatic N) is 1. The van der Waals surface area contributed by atoms with E-state index in [0.717, 1.165) is 11.8 Å². The average Bonchev–Trinajstić information content (AvgIpc) is 3.21. The third-order valence-electron chi connectivity index (χ3n) is 4.16. The molecule has 25 heavy (non-hydrogen) atoms. The van der Waals surface area contributed by atoms with Crippen LogP contribution in [0.2, 0.25) is 0 Å². The summed E-state index contributed by atoms with van der Waals surface area (Å²) in [5.74, 6) is -2.92. The molecular formula is C17H16BrF2N3O2. The number of aryl methyl sites for hydroxylation is 1. The van der Waals surface area contributed by atoms with Crippen molar-refractivity contribution in [1.29, 1.82) is 0 Å². The molecule has 132 valence electrons. The van der Waals surface area contributed by atoms with E-state index in [9.17, 15) is 18.4 Å². The molecule has 0 saturated carbocycles. The van der Waals surface area contributed by atoms with Crippen molar-refractivity contribution < 1.29 is 18.4 Å². The highest BCUT2D eigenvalue weighted by atomic mass is 79.9. The molecule has 3 rings (SSSR count). The number of benzene rings is 1. The van der Waals surface area contributed by atoms with E-state index in [-0.39, 0.29) is 28.5 Å². The van der Waals surface area contributed by atoms with E-state index in [4.69, 9.17) is 0 Å². The van der Waals surface area contributed by atoms with Gasteiger partial charge in [-0.15, -0.1) is 0 Å². The van der Waals surface area contributed by atoms with Crippen LogP contribution in [0.3, 0.4) is 0 Å². The molecule has 1 saturated heterocycles. The number of H-pyrrole nitrogens is 1. The Morgan fingerprint density at radius 3 is 2.72 bits per heavy atom. The van der Waals surface area contributed by atoms with Crippen molar-refractivity contribution in [3.63, 3.8) is 0 Å². The molecule has 0 aliphatic carbocycles. The predicted molar refractivity (Wildman–Crippen MR) is 92.2 cm³/mol. The van der Waals surface area contributed by atoms with Crippen LogP contribution < -0.4 is 5.32 Å². The molecule has 0 spiro atoms. The van der Waals surface area contributed by atoms with E-state index in [1.807, 2.05) is 13.0 Å². The molecule has 2 heterocycles. The predicted octanol–water partition coefficient (Wildman–Crippen LogP) is 3.46. The lowest BCUT2D eigenvalue weighted by atomic mass is 10.1. The van der Waals surface area contributed by atoms with Crippen LogP contribution in [0.15, 0.2) is 28.7 Å². The summed E-state index contributed by atoms with van der Waals surface area (Å²) in [5.41, 5.74) is 1.55. The zero-order chi connectivity index (χ0) is 18.1. The van der Waals surface area contributed by atoms with Crippen molar-refractivity contribution in [1.82, 2.24) is 9.88 Å². The normalized spacial score (nSPS) is 17.0. The zero-order valence-corrected chi connectivity index (χ0v) is 15.0. The van der Waals surface area contributed by atoms with E-state index >= 15 is 0 Å². The molecule has 0 bridgehead atoms. The van der Waals surface area contributed by atoms with Gasteiger partial charge in [0.1, 0.15) is 5.69 Å². The van der Waals surface area contributed by atoms with Gasteiger partial charge in [0.2, 0.25) is 5.91 Å². The Balaban J connectivity index is 1.64. The van der Waals surface area contributed by atoms with Crippen LogP contribution in [0.5, 0.6) is 0 Å². The molecule has 1 aliphatic heterocycles. The van der Waals surface area contributed by atoms with E-state index in [0.29, 0.717) is 18.7 Å². The Bertz CT molecular complexity index is 814. The molecule has 2 amide bonds. The van der Waals surface area contributed by atoms with Gasteiger partial charge in [-0.2, -0.15) is 0 Å². The van der Waals surface area contributed by atoms with Crippen LogP contribution in [0.25, 0.3) is 0 Å². The fraction of sp³-hybridized carbons (Fsp3) is 0.294. The van der Waals surface area contributed by atoms with Crippen LogP contribution in [0.4, 0.5) is 14.5 Å². The monoisotopic (exact) mass is 411 g/mol. The first-order valence-corrected chi connectivity index (χ1v) is 8.54. The Hall–Kier alpha value is -2.22. The first-order chi connectivity index (χ1) is 11.8. The van der Waals surface area contributed by atoms with Crippen molar-refractivity contribution in [2.45, 2.75) is 13.3 Å². The number of halogens is 3. The third-order valence-corrected chi connectivity index (χ3v) is 4.74. The van der Waals surface area contributed by atoms with Gasteiger partial charge < -0.3 is 15.2 Å². The third kappa shape index (κ3) is 3.73. The van der Waals surface area contributed by atoms with Gasteiger partial charge in [-0.25, -0.2) is 8.78 Å². The maximum atomic E-state index is 13.4. The van der Waals surface area contributed by atoms with Crippen molar-refractivity contribution in [3.05, 3.63) is 51.8 Å². The van der Waals surface area contributed by atoms with Crippen molar-refractivity contribution in [2.75, 3.05) is 18.4 Å². The highest BCUT2D eigenvalue weighted by Gasteiger charge is 2.32. The van der Waals surface area contributed by atoms with Crippen LogP contribution in [0, 0.1) is 24.5 Å². The topological polar surface area (TPSA) is 65.2 Å². The number of carbonyl (C=O) groups excluding carboxylic acids is 2. The summed E-state index contributed by atoms with van der Waals surface area (Å²) in [6, 6.07) is 5.76. The second kappa shape index (κ2) is 6.95. The smallest absolute Gasteiger partial charge is 0.270 e. The largest absolute Gasteiger partial charge is 0.355 e. The molecule has 1 fully saturated rings. The molecule has 2 aromatic rings. The fourth-order valence-corrected chi connectivity index (χ4v) is 3.27. The number of likely N-dealkylation sites (tertiary alicyclic amines) is 1. The highest BCUT2D eigenvalue weighted by molar-refractivity contribution is 9.10. The highest BCUT2D eigenvalue weighted by Crippen LogP contribution is 2.25. The van der Waals surface area contributed by atoms with E-state index in [1.54, 1.807) is 11.0 Å². The van der Waals surface area contributed by atoms with Crippen molar-refractivity contribution in [2.24, 2.45) is 5.92 Å². The minimum absolute atomic E-state index is 0.0619. The lowest BCUT2D eigenvalue weighted by molar-refractivity contribution is -0.119. The molecule has 0 radical (unpaired) electrons. The molecule has 2 N–H and O–H groups in total. The Morgan fingerprint density at radius 2 is 2.08 bits per heavy atom. The summed E-state index contributed by atoms with van der Waals surface area (Å²) < 4.78 is 26.6. The van der Waals surface area contributed by atoms with Crippen molar-refractivity contribution in [3.8, 4) is 0 Å². The number of rotatable bonds is 3. The fourth-order valence-electron chi connectivity index (χ4n) is 2.83. The second-order valence-electron chi connectivity index (χ2n) is 6.03. The number of carbonyl (C=O) groups is 2. The Morgan fingerprint density at radius 1 is 1.32 bits per heavy atom. The van der Waals surface area contributed by atoms with E-state index in [1.165, 1.54) is 6.07 Å². The Kier molecular flexibility index (Phi) is 4.89. The number of amides is 2. The summed E-state index contributed by atoms with van der Waals surface area (Å²) in [6.45, 7) is 2.61. The number of hydrogen-bond acceptors (Lipinski definition) is 2. The van der Waals surface area contributed by atoms with Gasteiger partial charge in [0.25, 0.3) is 5.91 Å². The summed E-state index contributed by atoms with van der Waals surface area (Å²) in [7, 11) is 0. The van der Waals surface area contributed by atoms with Gasteiger partial charge in [0.05, 0.1) is 10.4 Å². The zero-order valence-electron chi connectivity index (χ0n) is 13.4. The standard InChI is InChI=1S/C17H16BrF2N3O2/c1-9-2-3-14(21-9)17(25)23-5-4-10(8-23)16(24)22-11-6-12(18)15(20)13(19)7-11/h2-3,6-7,10,21H,4-5,8H2,1H3,(H,22,24)/t10-/m0/s1.